The Morgan fingerprint density at radius 2 is 1.08 bits per heavy atom. The Morgan fingerprint density at radius 1 is 0.658 bits per heavy atom. The summed E-state index contributed by atoms with van der Waals surface area (Å²) in [7, 11) is 0. The second-order valence-electron chi connectivity index (χ2n) is 10.3. The topological polar surface area (TPSA) is 72.2 Å². The second-order valence-corrected chi connectivity index (χ2v) is 10.3. The lowest BCUT2D eigenvalue weighted by molar-refractivity contribution is 0.0476. The fraction of sp³-hybridized carbons (Fsp3) is 0.533. The number of esters is 2. The minimum Gasteiger partial charge on any atom is -0.462 e. The first-order valence-corrected chi connectivity index (χ1v) is 13.9. The van der Waals surface area contributed by atoms with Crippen molar-refractivity contribution in [1.29, 1.82) is 0 Å². The Bertz CT molecular complexity index is 1120. The standard InChI is InChI=1S/C30H38N2O5.ClH/c33-29(35-19-7-17-31-13-3-1-4-14-31)23-9-11-27-25(21-23)26-22-24(10-12-28(26)37-27)30(34)36-20-8-18-32-15-5-2-6-16-32;/h9-12,21-22H,1-8,13-20H2;1H. The highest BCUT2D eigenvalue weighted by molar-refractivity contribution is 6.09. The van der Waals surface area contributed by atoms with Crippen molar-refractivity contribution in [3.05, 3.63) is 47.5 Å². The predicted octanol–water partition coefficient (Wildman–Crippen LogP) is 6.07. The van der Waals surface area contributed by atoms with E-state index in [1.165, 1.54) is 38.5 Å². The van der Waals surface area contributed by atoms with Crippen LogP contribution >= 0.6 is 12.4 Å². The van der Waals surface area contributed by atoms with Crippen LogP contribution in [0.25, 0.3) is 21.9 Å². The molecule has 0 N–H and O–H groups in total. The number of ether oxygens (including phenoxy) is 2. The van der Waals surface area contributed by atoms with E-state index >= 15 is 0 Å². The maximum Gasteiger partial charge on any atom is 0.338 e. The Balaban J connectivity index is 0.00000336. The van der Waals surface area contributed by atoms with Gasteiger partial charge in [0.15, 0.2) is 0 Å². The predicted molar refractivity (Wildman–Crippen MR) is 151 cm³/mol. The van der Waals surface area contributed by atoms with Gasteiger partial charge in [-0.3, -0.25) is 0 Å². The first kappa shape index (κ1) is 28.4. The van der Waals surface area contributed by atoms with E-state index in [9.17, 15) is 9.59 Å². The zero-order valence-electron chi connectivity index (χ0n) is 22.1. The van der Waals surface area contributed by atoms with Gasteiger partial charge in [-0.15, -0.1) is 12.4 Å². The van der Waals surface area contributed by atoms with Gasteiger partial charge in [0.2, 0.25) is 0 Å². The summed E-state index contributed by atoms with van der Waals surface area (Å²) in [6, 6.07) is 10.6. The number of halogens is 1. The zero-order chi connectivity index (χ0) is 25.5. The van der Waals surface area contributed by atoms with Gasteiger partial charge in [0.25, 0.3) is 0 Å². The van der Waals surface area contributed by atoms with Gasteiger partial charge in [-0.1, -0.05) is 12.8 Å². The summed E-state index contributed by atoms with van der Waals surface area (Å²) in [5.41, 5.74) is 2.31. The molecule has 0 unspecified atom stereocenters. The summed E-state index contributed by atoms with van der Waals surface area (Å²) < 4.78 is 17.0. The molecule has 2 aliphatic heterocycles. The molecule has 0 radical (unpaired) electrons. The van der Waals surface area contributed by atoms with Gasteiger partial charge in [-0.05, 0) is 101 Å². The molecule has 2 aliphatic rings. The number of hydrogen-bond acceptors (Lipinski definition) is 7. The highest BCUT2D eigenvalue weighted by atomic mass is 35.5. The van der Waals surface area contributed by atoms with Gasteiger partial charge in [0.1, 0.15) is 11.2 Å². The van der Waals surface area contributed by atoms with Crippen LogP contribution in [0, 0.1) is 0 Å². The number of hydrogen-bond donors (Lipinski definition) is 0. The van der Waals surface area contributed by atoms with Crippen molar-refractivity contribution in [2.75, 3.05) is 52.5 Å². The SMILES string of the molecule is Cl.O=C(OCCCN1CCCCC1)c1ccc2oc3ccc(C(=O)OCCCN4CCCCC4)cc3c2c1. The van der Waals surface area contributed by atoms with E-state index in [2.05, 4.69) is 9.80 Å². The molecule has 7 nitrogen and oxygen atoms in total. The number of carbonyl (C=O) groups is 2. The van der Waals surface area contributed by atoms with E-state index in [0.717, 1.165) is 62.9 Å². The number of piperidine rings is 2. The van der Waals surface area contributed by atoms with Crippen molar-refractivity contribution in [3.8, 4) is 0 Å². The highest BCUT2D eigenvalue weighted by Crippen LogP contribution is 2.30. The molecule has 2 fully saturated rings. The van der Waals surface area contributed by atoms with E-state index in [0.29, 0.717) is 35.5 Å². The molecule has 206 valence electrons. The lowest BCUT2D eigenvalue weighted by Crippen LogP contribution is -2.31. The normalized spacial score (nSPS) is 16.8. The molecule has 1 aromatic heterocycles. The van der Waals surface area contributed by atoms with Crippen LogP contribution in [-0.4, -0.2) is 74.2 Å². The van der Waals surface area contributed by atoms with E-state index < -0.39 is 0 Å². The fourth-order valence-corrected chi connectivity index (χ4v) is 5.47. The molecule has 0 amide bonds. The van der Waals surface area contributed by atoms with Crippen LogP contribution in [0.5, 0.6) is 0 Å². The number of fused-ring (bicyclic) bond motifs is 3. The lowest BCUT2D eigenvalue weighted by atomic mass is 10.1. The fourth-order valence-electron chi connectivity index (χ4n) is 5.47. The van der Waals surface area contributed by atoms with Crippen LogP contribution in [-0.2, 0) is 9.47 Å². The number of nitrogens with zero attached hydrogens (tertiary/aromatic N) is 2. The van der Waals surface area contributed by atoms with E-state index in [1.54, 1.807) is 36.4 Å². The molecule has 3 heterocycles. The van der Waals surface area contributed by atoms with E-state index in [-0.39, 0.29) is 24.3 Å². The third-order valence-corrected chi connectivity index (χ3v) is 7.54. The summed E-state index contributed by atoms with van der Waals surface area (Å²) in [4.78, 5) is 30.3. The molecular weight excluding hydrogens is 504 g/mol. The van der Waals surface area contributed by atoms with Crippen molar-refractivity contribution in [3.63, 3.8) is 0 Å². The first-order valence-electron chi connectivity index (χ1n) is 13.9. The Kier molecular flexibility index (Phi) is 10.4. The van der Waals surface area contributed by atoms with Crippen molar-refractivity contribution in [2.45, 2.75) is 51.4 Å². The zero-order valence-corrected chi connectivity index (χ0v) is 22.9. The van der Waals surface area contributed by atoms with Crippen molar-refractivity contribution >= 4 is 46.3 Å². The Hall–Kier alpha value is -2.61. The minimum atomic E-state index is -0.334. The number of furan rings is 1. The third-order valence-electron chi connectivity index (χ3n) is 7.54. The quantitative estimate of drug-likeness (QED) is 0.227. The van der Waals surface area contributed by atoms with Crippen LogP contribution in [0.2, 0.25) is 0 Å². The molecular formula is C30H39ClN2O5. The van der Waals surface area contributed by atoms with Gasteiger partial charge >= 0.3 is 11.9 Å². The molecule has 38 heavy (non-hydrogen) atoms. The summed E-state index contributed by atoms with van der Waals surface area (Å²) in [5, 5.41) is 1.58. The molecule has 0 atom stereocenters. The van der Waals surface area contributed by atoms with E-state index in [4.69, 9.17) is 13.9 Å². The molecule has 0 spiro atoms. The number of rotatable bonds is 10. The lowest BCUT2D eigenvalue weighted by Gasteiger charge is -2.26. The number of likely N-dealkylation sites (tertiary alicyclic amines) is 2. The van der Waals surface area contributed by atoms with Crippen LogP contribution in [0.3, 0.4) is 0 Å². The number of benzene rings is 2. The van der Waals surface area contributed by atoms with Crippen LogP contribution in [0.1, 0.15) is 72.1 Å². The maximum atomic E-state index is 12.7. The molecule has 3 aromatic rings. The van der Waals surface area contributed by atoms with Crippen molar-refractivity contribution < 1.29 is 23.5 Å². The molecule has 0 aliphatic carbocycles. The second kappa shape index (κ2) is 14.0. The minimum absolute atomic E-state index is 0. The van der Waals surface area contributed by atoms with Gasteiger partial charge in [-0.25, -0.2) is 9.59 Å². The third kappa shape index (κ3) is 7.28. The maximum absolute atomic E-state index is 12.7. The van der Waals surface area contributed by atoms with E-state index in [1.807, 2.05) is 0 Å². The molecule has 5 rings (SSSR count). The van der Waals surface area contributed by atoms with Crippen LogP contribution in [0.15, 0.2) is 40.8 Å². The highest BCUT2D eigenvalue weighted by Gasteiger charge is 2.16. The molecule has 2 aromatic carbocycles. The summed E-state index contributed by atoms with van der Waals surface area (Å²) in [6.07, 6.45) is 9.36. The average Bonchev–Trinajstić information content (AvgIpc) is 3.31. The Morgan fingerprint density at radius 3 is 1.50 bits per heavy atom. The summed E-state index contributed by atoms with van der Waals surface area (Å²) in [6.45, 7) is 7.34. The van der Waals surface area contributed by atoms with Gasteiger partial charge in [0.05, 0.1) is 24.3 Å². The van der Waals surface area contributed by atoms with Gasteiger partial charge in [-0.2, -0.15) is 0 Å². The molecule has 0 bridgehead atoms. The monoisotopic (exact) mass is 542 g/mol. The van der Waals surface area contributed by atoms with Gasteiger partial charge < -0.3 is 23.7 Å². The smallest absolute Gasteiger partial charge is 0.338 e. The van der Waals surface area contributed by atoms with Crippen LogP contribution in [0.4, 0.5) is 0 Å². The van der Waals surface area contributed by atoms with Crippen molar-refractivity contribution in [2.24, 2.45) is 0 Å². The van der Waals surface area contributed by atoms with Crippen LogP contribution < -0.4 is 0 Å². The largest absolute Gasteiger partial charge is 0.462 e. The first-order chi connectivity index (χ1) is 18.2. The van der Waals surface area contributed by atoms with Gasteiger partial charge in [0, 0.05) is 23.9 Å². The summed E-state index contributed by atoms with van der Waals surface area (Å²) >= 11 is 0. The summed E-state index contributed by atoms with van der Waals surface area (Å²) in [5.74, 6) is -0.668. The molecule has 0 saturated carbocycles. The van der Waals surface area contributed by atoms with Crippen molar-refractivity contribution in [1.82, 2.24) is 9.80 Å². The molecule has 2 saturated heterocycles. The average molecular weight is 543 g/mol. The Labute approximate surface area is 230 Å². The number of carbonyl (C=O) groups excluding carboxylic acids is 2. The molecule has 8 heteroatoms.